The van der Waals surface area contributed by atoms with Gasteiger partial charge in [-0.25, -0.2) is 0 Å². The molecule has 0 saturated heterocycles. The Morgan fingerprint density at radius 1 is 1.40 bits per heavy atom. The summed E-state index contributed by atoms with van der Waals surface area (Å²) in [5.41, 5.74) is 7.87. The molecule has 1 rings (SSSR count). The fourth-order valence-corrected chi connectivity index (χ4v) is 3.06. The molecule has 5 heteroatoms. The van der Waals surface area contributed by atoms with E-state index in [-0.39, 0.29) is 11.3 Å². The highest BCUT2D eigenvalue weighted by molar-refractivity contribution is 7.99. The monoisotopic (exact) mass is 295 g/mol. The SMILES string of the molecule is CCSc1cccc(N(C)CC(C)(C)C)c1/C(N)=N/O. The fourth-order valence-electron chi connectivity index (χ4n) is 2.22. The van der Waals surface area contributed by atoms with Crippen molar-refractivity contribution in [1.82, 2.24) is 0 Å². The van der Waals surface area contributed by atoms with Gasteiger partial charge in [0, 0.05) is 24.2 Å². The molecule has 0 unspecified atom stereocenters. The Hall–Kier alpha value is -1.36. The molecule has 0 atom stereocenters. The Balaban J connectivity index is 3.28. The first kappa shape index (κ1) is 16.7. The molecule has 0 bridgehead atoms. The van der Waals surface area contributed by atoms with Crippen LogP contribution in [0.25, 0.3) is 0 Å². The quantitative estimate of drug-likeness (QED) is 0.287. The molecular weight excluding hydrogens is 270 g/mol. The Morgan fingerprint density at radius 2 is 2.05 bits per heavy atom. The number of benzene rings is 1. The van der Waals surface area contributed by atoms with E-state index in [1.54, 1.807) is 11.8 Å². The van der Waals surface area contributed by atoms with E-state index in [0.717, 1.165) is 28.4 Å². The summed E-state index contributed by atoms with van der Waals surface area (Å²) in [6, 6.07) is 6.04. The summed E-state index contributed by atoms with van der Waals surface area (Å²) >= 11 is 1.70. The summed E-state index contributed by atoms with van der Waals surface area (Å²) in [4.78, 5) is 3.20. The second-order valence-corrected chi connectivity index (χ2v) is 7.29. The second-order valence-electron chi connectivity index (χ2n) is 5.99. The molecule has 0 spiro atoms. The van der Waals surface area contributed by atoms with Gasteiger partial charge in [0.1, 0.15) is 0 Å². The molecule has 20 heavy (non-hydrogen) atoms. The van der Waals surface area contributed by atoms with Crippen molar-refractivity contribution in [2.24, 2.45) is 16.3 Å². The van der Waals surface area contributed by atoms with Gasteiger partial charge >= 0.3 is 0 Å². The van der Waals surface area contributed by atoms with Gasteiger partial charge in [0.25, 0.3) is 0 Å². The van der Waals surface area contributed by atoms with Crippen molar-refractivity contribution in [2.45, 2.75) is 32.6 Å². The van der Waals surface area contributed by atoms with Crippen LogP contribution in [-0.4, -0.2) is 30.4 Å². The molecule has 4 nitrogen and oxygen atoms in total. The highest BCUT2D eigenvalue weighted by Gasteiger charge is 2.19. The Labute approximate surface area is 126 Å². The predicted molar refractivity (Wildman–Crippen MR) is 88.1 cm³/mol. The fraction of sp³-hybridized carbons (Fsp3) is 0.533. The van der Waals surface area contributed by atoms with Crippen LogP contribution < -0.4 is 10.6 Å². The van der Waals surface area contributed by atoms with Crippen LogP contribution in [0.5, 0.6) is 0 Å². The van der Waals surface area contributed by atoms with E-state index in [1.165, 1.54) is 0 Å². The Morgan fingerprint density at radius 3 is 2.55 bits per heavy atom. The highest BCUT2D eigenvalue weighted by Crippen LogP contribution is 2.31. The number of amidine groups is 1. The lowest BCUT2D eigenvalue weighted by Gasteiger charge is -2.30. The lowest BCUT2D eigenvalue weighted by atomic mass is 9.95. The Bertz CT molecular complexity index is 480. The van der Waals surface area contributed by atoms with E-state index in [4.69, 9.17) is 10.9 Å². The molecule has 0 amide bonds. The van der Waals surface area contributed by atoms with Gasteiger partial charge in [-0.2, -0.15) is 0 Å². The zero-order valence-electron chi connectivity index (χ0n) is 13.0. The highest BCUT2D eigenvalue weighted by atomic mass is 32.2. The van der Waals surface area contributed by atoms with Crippen LogP contribution in [0, 0.1) is 5.41 Å². The molecule has 0 aromatic heterocycles. The van der Waals surface area contributed by atoms with E-state index in [2.05, 4.69) is 37.8 Å². The van der Waals surface area contributed by atoms with Crippen LogP contribution in [-0.2, 0) is 0 Å². The van der Waals surface area contributed by atoms with Crippen LogP contribution in [0.2, 0.25) is 0 Å². The van der Waals surface area contributed by atoms with Gasteiger partial charge < -0.3 is 15.8 Å². The van der Waals surface area contributed by atoms with Crippen LogP contribution in [0.15, 0.2) is 28.3 Å². The average Bonchev–Trinajstić information content (AvgIpc) is 2.36. The minimum atomic E-state index is 0.164. The smallest absolute Gasteiger partial charge is 0.173 e. The third-order valence-corrected chi connectivity index (χ3v) is 3.73. The van der Waals surface area contributed by atoms with E-state index < -0.39 is 0 Å². The average molecular weight is 295 g/mol. The van der Waals surface area contributed by atoms with Gasteiger partial charge in [-0.15, -0.1) is 11.8 Å². The summed E-state index contributed by atoms with van der Waals surface area (Å²) in [5, 5.41) is 12.3. The van der Waals surface area contributed by atoms with Crippen molar-refractivity contribution in [1.29, 1.82) is 0 Å². The number of nitrogens with two attached hydrogens (primary N) is 1. The summed E-state index contributed by atoms with van der Waals surface area (Å²) in [6.45, 7) is 9.55. The van der Waals surface area contributed by atoms with Gasteiger partial charge in [0.05, 0.1) is 5.56 Å². The molecule has 0 saturated carbocycles. The summed E-state index contributed by atoms with van der Waals surface area (Å²) in [6.07, 6.45) is 0. The normalized spacial score (nSPS) is 12.6. The van der Waals surface area contributed by atoms with Gasteiger partial charge in [-0.05, 0) is 23.3 Å². The molecule has 0 aliphatic heterocycles. The van der Waals surface area contributed by atoms with Gasteiger partial charge in [0.15, 0.2) is 5.84 Å². The maximum atomic E-state index is 9.05. The van der Waals surface area contributed by atoms with Crippen molar-refractivity contribution >= 4 is 23.3 Å². The zero-order valence-corrected chi connectivity index (χ0v) is 13.8. The molecule has 0 radical (unpaired) electrons. The second kappa shape index (κ2) is 6.88. The van der Waals surface area contributed by atoms with E-state index in [0.29, 0.717) is 0 Å². The van der Waals surface area contributed by atoms with Crippen molar-refractivity contribution in [3.8, 4) is 0 Å². The number of nitrogens with zero attached hydrogens (tertiary/aromatic N) is 2. The molecule has 0 aliphatic carbocycles. The minimum absolute atomic E-state index is 0.164. The number of hydrogen-bond acceptors (Lipinski definition) is 4. The van der Waals surface area contributed by atoms with E-state index in [1.807, 2.05) is 25.2 Å². The van der Waals surface area contributed by atoms with Crippen LogP contribution in [0.3, 0.4) is 0 Å². The van der Waals surface area contributed by atoms with Gasteiger partial charge in [-0.3, -0.25) is 0 Å². The molecule has 0 fully saturated rings. The number of thioether (sulfide) groups is 1. The van der Waals surface area contributed by atoms with Crippen LogP contribution >= 0.6 is 11.8 Å². The first-order chi connectivity index (χ1) is 9.30. The first-order valence-corrected chi connectivity index (χ1v) is 7.73. The summed E-state index contributed by atoms with van der Waals surface area (Å²) in [5.74, 6) is 1.11. The van der Waals surface area contributed by atoms with Gasteiger partial charge in [0.2, 0.25) is 0 Å². The largest absolute Gasteiger partial charge is 0.409 e. The lowest BCUT2D eigenvalue weighted by Crippen LogP contribution is -2.31. The molecule has 112 valence electrons. The molecule has 3 N–H and O–H groups in total. The maximum Gasteiger partial charge on any atom is 0.173 e. The topological polar surface area (TPSA) is 61.8 Å². The zero-order chi connectivity index (χ0) is 15.3. The van der Waals surface area contributed by atoms with Crippen molar-refractivity contribution in [3.05, 3.63) is 23.8 Å². The lowest BCUT2D eigenvalue weighted by molar-refractivity contribution is 0.318. The molecular formula is C15H25N3OS. The van der Waals surface area contributed by atoms with Crippen molar-refractivity contribution < 1.29 is 5.21 Å². The van der Waals surface area contributed by atoms with Gasteiger partial charge in [-0.1, -0.05) is 38.9 Å². The third-order valence-electron chi connectivity index (χ3n) is 2.79. The number of hydrogen-bond donors (Lipinski definition) is 2. The number of rotatable bonds is 5. The molecule has 1 aromatic carbocycles. The first-order valence-electron chi connectivity index (χ1n) is 6.75. The molecule has 1 aromatic rings. The van der Waals surface area contributed by atoms with Crippen molar-refractivity contribution in [2.75, 3.05) is 24.2 Å². The number of oxime groups is 1. The minimum Gasteiger partial charge on any atom is -0.409 e. The predicted octanol–water partition coefficient (Wildman–Crippen LogP) is 3.38. The summed E-state index contributed by atoms with van der Waals surface area (Å²) in [7, 11) is 2.04. The third kappa shape index (κ3) is 4.34. The summed E-state index contributed by atoms with van der Waals surface area (Å²) < 4.78 is 0. The van der Waals surface area contributed by atoms with Crippen LogP contribution in [0.4, 0.5) is 5.69 Å². The van der Waals surface area contributed by atoms with E-state index >= 15 is 0 Å². The van der Waals surface area contributed by atoms with Crippen molar-refractivity contribution in [3.63, 3.8) is 0 Å². The molecule has 0 aliphatic rings. The van der Waals surface area contributed by atoms with Crippen LogP contribution in [0.1, 0.15) is 33.3 Å². The standard InChI is InChI=1S/C15H25N3OS/c1-6-20-12-9-7-8-11(13(12)14(16)17-19)18(5)10-15(2,3)4/h7-9,19H,6,10H2,1-5H3,(H2,16,17). The molecule has 0 heterocycles. The Kier molecular flexibility index (Phi) is 5.74. The number of anilines is 1. The van der Waals surface area contributed by atoms with E-state index in [9.17, 15) is 0 Å². The maximum absolute atomic E-state index is 9.05.